The van der Waals surface area contributed by atoms with Crippen molar-refractivity contribution in [1.29, 1.82) is 0 Å². The zero-order chi connectivity index (χ0) is 12.7. The predicted octanol–water partition coefficient (Wildman–Crippen LogP) is 1.27. The highest BCUT2D eigenvalue weighted by Gasteiger charge is 2.22. The van der Waals surface area contributed by atoms with E-state index in [2.05, 4.69) is 19.2 Å². The van der Waals surface area contributed by atoms with Crippen LogP contribution in [0.15, 0.2) is 23.5 Å². The maximum absolute atomic E-state index is 11.0. The number of carbonyl (C=O) groups excluding carboxylic acids is 1. The van der Waals surface area contributed by atoms with E-state index in [4.69, 9.17) is 18.9 Å². The molecule has 17 heavy (non-hydrogen) atoms. The topological polar surface area (TPSA) is 54.0 Å². The minimum absolute atomic E-state index is 0.0879. The lowest BCUT2D eigenvalue weighted by Crippen LogP contribution is -2.31. The van der Waals surface area contributed by atoms with Crippen LogP contribution in [0.3, 0.4) is 0 Å². The Bertz CT molecular complexity index is 313. The van der Waals surface area contributed by atoms with Crippen molar-refractivity contribution in [3.63, 3.8) is 0 Å². The summed E-state index contributed by atoms with van der Waals surface area (Å²) in [6.45, 7) is 6.27. The first-order valence-corrected chi connectivity index (χ1v) is 5.75. The second-order valence-electron chi connectivity index (χ2n) is 3.29. The van der Waals surface area contributed by atoms with E-state index in [9.17, 15) is 4.79 Å². The molecular weight excluding hydrogens is 244 g/mol. The maximum Gasteiger partial charge on any atom is 0.332 e. The molecule has 0 radical (unpaired) electrons. The van der Waals surface area contributed by atoms with Crippen molar-refractivity contribution in [1.82, 2.24) is 0 Å². The molecule has 1 saturated heterocycles. The summed E-state index contributed by atoms with van der Waals surface area (Å²) >= 11 is 3.95. The van der Waals surface area contributed by atoms with Gasteiger partial charge in [-0.2, -0.15) is 0 Å². The molecule has 0 aromatic carbocycles. The number of ether oxygens (including phenoxy) is 4. The Morgan fingerprint density at radius 3 is 3.06 bits per heavy atom. The van der Waals surface area contributed by atoms with Crippen LogP contribution in [-0.4, -0.2) is 38.5 Å². The standard InChI is InChI=1S/C11H16O5S/c1-3-14-11(12)6-13-4-9-5-15-10(7-17)8(2)16-9/h7,9,17H,2-6H2,1H3/b10-7+. The fraction of sp³-hybridized carbons (Fsp3) is 0.545. The van der Waals surface area contributed by atoms with Crippen molar-refractivity contribution in [3.8, 4) is 0 Å². The lowest BCUT2D eigenvalue weighted by molar-refractivity contribution is -0.150. The Balaban J connectivity index is 2.21. The van der Waals surface area contributed by atoms with Gasteiger partial charge in [0.15, 0.2) is 17.6 Å². The van der Waals surface area contributed by atoms with Crippen molar-refractivity contribution >= 4 is 18.6 Å². The van der Waals surface area contributed by atoms with Crippen LogP contribution in [0.25, 0.3) is 0 Å². The molecule has 1 aliphatic rings. The molecule has 1 rings (SSSR count). The number of thiol groups is 1. The third kappa shape index (κ3) is 4.70. The molecule has 0 aliphatic carbocycles. The summed E-state index contributed by atoms with van der Waals surface area (Å²) in [5.41, 5.74) is 0. The normalized spacial score (nSPS) is 21.9. The fourth-order valence-electron chi connectivity index (χ4n) is 1.22. The van der Waals surface area contributed by atoms with Crippen molar-refractivity contribution < 1.29 is 23.7 Å². The molecule has 5 nitrogen and oxygen atoms in total. The van der Waals surface area contributed by atoms with Gasteiger partial charge >= 0.3 is 5.97 Å². The van der Waals surface area contributed by atoms with Gasteiger partial charge in [0.25, 0.3) is 0 Å². The summed E-state index contributed by atoms with van der Waals surface area (Å²) in [5, 5.41) is 1.48. The van der Waals surface area contributed by atoms with Crippen LogP contribution < -0.4 is 0 Å². The second kappa shape index (κ2) is 7.24. The highest BCUT2D eigenvalue weighted by molar-refractivity contribution is 7.83. The number of esters is 1. The highest BCUT2D eigenvalue weighted by Crippen LogP contribution is 2.20. The minimum Gasteiger partial charge on any atom is -0.485 e. The third-order valence-corrected chi connectivity index (χ3v) is 2.19. The van der Waals surface area contributed by atoms with Crippen LogP contribution in [0.4, 0.5) is 0 Å². The van der Waals surface area contributed by atoms with Crippen LogP contribution in [0.5, 0.6) is 0 Å². The third-order valence-electron chi connectivity index (χ3n) is 1.95. The zero-order valence-electron chi connectivity index (χ0n) is 9.68. The quantitative estimate of drug-likeness (QED) is 0.596. The summed E-state index contributed by atoms with van der Waals surface area (Å²) in [6, 6.07) is 0. The molecule has 1 aliphatic heterocycles. The largest absolute Gasteiger partial charge is 0.485 e. The van der Waals surface area contributed by atoms with Crippen molar-refractivity contribution in [2.24, 2.45) is 0 Å². The van der Waals surface area contributed by atoms with E-state index >= 15 is 0 Å². The molecule has 0 aromatic rings. The van der Waals surface area contributed by atoms with Crippen molar-refractivity contribution in [3.05, 3.63) is 23.5 Å². The molecule has 1 atom stereocenters. The average molecular weight is 260 g/mol. The smallest absolute Gasteiger partial charge is 0.332 e. The van der Waals surface area contributed by atoms with Gasteiger partial charge in [0.2, 0.25) is 0 Å². The van der Waals surface area contributed by atoms with Crippen LogP contribution >= 0.6 is 12.6 Å². The van der Waals surface area contributed by atoms with E-state index in [0.29, 0.717) is 24.7 Å². The Hall–Kier alpha value is -1.14. The molecule has 0 bridgehead atoms. The molecule has 96 valence electrons. The first-order valence-electron chi connectivity index (χ1n) is 5.23. The molecule has 0 amide bonds. The highest BCUT2D eigenvalue weighted by atomic mass is 32.1. The molecule has 0 saturated carbocycles. The van der Waals surface area contributed by atoms with Crippen LogP contribution in [0.1, 0.15) is 6.92 Å². The van der Waals surface area contributed by atoms with Gasteiger partial charge in [-0.1, -0.05) is 6.58 Å². The maximum atomic E-state index is 11.0. The minimum atomic E-state index is -0.390. The number of carbonyl (C=O) groups is 1. The number of hydrogen-bond acceptors (Lipinski definition) is 6. The lowest BCUT2D eigenvalue weighted by Gasteiger charge is -2.27. The van der Waals surface area contributed by atoms with E-state index in [1.165, 1.54) is 5.41 Å². The van der Waals surface area contributed by atoms with Gasteiger partial charge < -0.3 is 18.9 Å². The fourth-order valence-corrected chi connectivity index (χ4v) is 1.44. The first-order chi connectivity index (χ1) is 8.17. The molecule has 1 unspecified atom stereocenters. The first kappa shape index (κ1) is 13.9. The van der Waals surface area contributed by atoms with Gasteiger partial charge in [0.05, 0.1) is 13.2 Å². The Labute approximate surface area is 106 Å². The van der Waals surface area contributed by atoms with Crippen molar-refractivity contribution in [2.75, 3.05) is 26.4 Å². The summed E-state index contributed by atoms with van der Waals surface area (Å²) in [5.74, 6) is 0.532. The van der Waals surface area contributed by atoms with Crippen LogP contribution in [0.2, 0.25) is 0 Å². The van der Waals surface area contributed by atoms with Gasteiger partial charge in [-0.3, -0.25) is 0 Å². The number of hydrogen-bond donors (Lipinski definition) is 1. The van der Waals surface area contributed by atoms with Gasteiger partial charge in [-0.25, -0.2) is 4.79 Å². The predicted molar refractivity (Wildman–Crippen MR) is 64.5 cm³/mol. The van der Waals surface area contributed by atoms with Crippen LogP contribution in [-0.2, 0) is 23.7 Å². The molecule has 1 fully saturated rings. The zero-order valence-corrected chi connectivity index (χ0v) is 10.6. The molecular formula is C11H16O5S. The monoisotopic (exact) mass is 260 g/mol. The summed E-state index contributed by atoms with van der Waals surface area (Å²) in [7, 11) is 0. The van der Waals surface area contributed by atoms with Gasteiger partial charge in [-0.15, -0.1) is 12.6 Å². The van der Waals surface area contributed by atoms with Gasteiger partial charge in [-0.05, 0) is 6.92 Å². The lowest BCUT2D eigenvalue weighted by atomic mass is 10.3. The Morgan fingerprint density at radius 2 is 2.47 bits per heavy atom. The molecule has 0 aromatic heterocycles. The molecule has 0 N–H and O–H groups in total. The molecule has 0 spiro atoms. The summed E-state index contributed by atoms with van der Waals surface area (Å²) < 4.78 is 20.6. The van der Waals surface area contributed by atoms with E-state index < -0.39 is 0 Å². The summed E-state index contributed by atoms with van der Waals surface area (Å²) in [6.07, 6.45) is -0.269. The van der Waals surface area contributed by atoms with Gasteiger partial charge in [0, 0.05) is 5.41 Å². The van der Waals surface area contributed by atoms with E-state index in [1.807, 2.05) is 0 Å². The Morgan fingerprint density at radius 1 is 1.71 bits per heavy atom. The molecule has 1 heterocycles. The second-order valence-corrected chi connectivity index (χ2v) is 3.55. The Kier molecular flexibility index (Phi) is 5.93. The summed E-state index contributed by atoms with van der Waals surface area (Å²) in [4.78, 5) is 11.0. The molecule has 6 heteroatoms. The van der Waals surface area contributed by atoms with E-state index in [1.54, 1.807) is 6.92 Å². The van der Waals surface area contributed by atoms with Gasteiger partial charge in [0.1, 0.15) is 13.2 Å². The number of rotatable bonds is 5. The van der Waals surface area contributed by atoms with Crippen molar-refractivity contribution in [2.45, 2.75) is 13.0 Å². The van der Waals surface area contributed by atoms with E-state index in [-0.39, 0.29) is 25.3 Å². The van der Waals surface area contributed by atoms with E-state index in [0.717, 1.165) is 0 Å². The average Bonchev–Trinajstić information content (AvgIpc) is 2.29. The van der Waals surface area contributed by atoms with Crippen LogP contribution in [0, 0.1) is 0 Å². The SMILES string of the molecule is C=C1OC(COCC(=O)OCC)CO/C1=C/S.